The molecule has 2 rings (SSSR count). The van der Waals surface area contributed by atoms with Crippen LogP contribution in [0.3, 0.4) is 0 Å². The summed E-state index contributed by atoms with van der Waals surface area (Å²) in [6.45, 7) is 0. The van der Waals surface area contributed by atoms with Gasteiger partial charge in [-0.1, -0.05) is 5.21 Å². The number of benzene rings is 1. The molecule has 1 heterocycles. The second-order valence-electron chi connectivity index (χ2n) is 4.09. The summed E-state index contributed by atoms with van der Waals surface area (Å²) in [5.74, 6) is 4.26. The van der Waals surface area contributed by atoms with E-state index in [1.54, 1.807) is 11.7 Å². The van der Waals surface area contributed by atoms with Gasteiger partial charge in [-0.2, -0.15) is 0 Å². The summed E-state index contributed by atoms with van der Waals surface area (Å²) in [4.78, 5) is 0. The van der Waals surface area contributed by atoms with Crippen molar-refractivity contribution in [3.8, 4) is 0 Å². The van der Waals surface area contributed by atoms with Crippen LogP contribution in [0.4, 0.5) is 8.78 Å². The molecule has 0 fully saturated rings. The fourth-order valence-electron chi connectivity index (χ4n) is 1.91. The number of aromatic nitrogens is 3. The number of nitrogens with one attached hydrogen (secondary N) is 1. The first-order valence-corrected chi connectivity index (χ1v) is 6.26. The van der Waals surface area contributed by atoms with Gasteiger partial charge in [-0.3, -0.25) is 11.3 Å². The summed E-state index contributed by atoms with van der Waals surface area (Å²) in [6, 6.07) is 3.00. The minimum absolute atomic E-state index is 0.311. The average Bonchev–Trinajstić information content (AvgIpc) is 2.65. The van der Waals surface area contributed by atoms with Crippen LogP contribution >= 0.6 is 15.9 Å². The number of hydrogen-bond donors (Lipinski definition) is 2. The number of aryl methyl sites for hydroxylation is 1. The minimum atomic E-state index is -0.618. The molecule has 0 saturated heterocycles. The second-order valence-corrected chi connectivity index (χ2v) is 4.84. The Kier molecular flexibility index (Phi) is 4.23. The topological polar surface area (TPSA) is 68.8 Å². The lowest BCUT2D eigenvalue weighted by molar-refractivity contribution is 0.501. The predicted octanol–water partition coefficient (Wildman–Crippen LogP) is 1.60. The van der Waals surface area contributed by atoms with Gasteiger partial charge < -0.3 is 0 Å². The zero-order valence-electron chi connectivity index (χ0n) is 10.1. The fraction of sp³-hybridized carbons (Fsp3) is 0.273. The molecule has 1 aromatic heterocycles. The van der Waals surface area contributed by atoms with Crippen LogP contribution in [0.1, 0.15) is 17.3 Å². The zero-order valence-corrected chi connectivity index (χ0v) is 11.7. The fourth-order valence-corrected chi connectivity index (χ4v) is 2.51. The van der Waals surface area contributed by atoms with E-state index in [0.29, 0.717) is 22.3 Å². The van der Waals surface area contributed by atoms with Crippen LogP contribution < -0.4 is 11.3 Å². The molecule has 1 atom stereocenters. The van der Waals surface area contributed by atoms with E-state index in [1.165, 1.54) is 12.1 Å². The molecule has 102 valence electrons. The van der Waals surface area contributed by atoms with E-state index >= 15 is 0 Å². The zero-order chi connectivity index (χ0) is 14.0. The Labute approximate surface area is 116 Å². The molecule has 8 heteroatoms. The van der Waals surface area contributed by atoms with Crippen molar-refractivity contribution in [3.63, 3.8) is 0 Å². The molecule has 0 spiro atoms. The normalized spacial score (nSPS) is 12.7. The van der Waals surface area contributed by atoms with Crippen LogP contribution in [0.2, 0.25) is 0 Å². The molecule has 5 nitrogen and oxygen atoms in total. The summed E-state index contributed by atoms with van der Waals surface area (Å²) in [6.07, 6.45) is 0.311. The lowest BCUT2D eigenvalue weighted by atomic mass is 10.0. The van der Waals surface area contributed by atoms with Crippen molar-refractivity contribution >= 4 is 15.9 Å². The van der Waals surface area contributed by atoms with E-state index in [0.717, 1.165) is 6.07 Å². The third-order valence-corrected chi connectivity index (χ3v) is 3.28. The molecule has 0 amide bonds. The van der Waals surface area contributed by atoms with Crippen LogP contribution in [0.15, 0.2) is 22.8 Å². The highest BCUT2D eigenvalue weighted by Crippen LogP contribution is 2.23. The summed E-state index contributed by atoms with van der Waals surface area (Å²) in [5, 5.41) is 7.69. The molecular formula is C11H12BrF2N5. The van der Waals surface area contributed by atoms with E-state index in [4.69, 9.17) is 5.84 Å². The van der Waals surface area contributed by atoms with Crippen LogP contribution in [-0.4, -0.2) is 15.0 Å². The summed E-state index contributed by atoms with van der Waals surface area (Å²) >= 11 is 3.26. The van der Waals surface area contributed by atoms with Gasteiger partial charge >= 0.3 is 0 Å². The van der Waals surface area contributed by atoms with E-state index < -0.39 is 11.6 Å². The van der Waals surface area contributed by atoms with Crippen molar-refractivity contribution in [2.75, 3.05) is 0 Å². The van der Waals surface area contributed by atoms with Gasteiger partial charge in [0.1, 0.15) is 11.6 Å². The molecule has 0 bridgehead atoms. The first-order chi connectivity index (χ1) is 9.01. The lowest BCUT2D eigenvalue weighted by Crippen LogP contribution is -2.31. The predicted molar refractivity (Wildman–Crippen MR) is 68.8 cm³/mol. The molecule has 19 heavy (non-hydrogen) atoms. The largest absolute Gasteiger partial charge is 0.271 e. The first-order valence-electron chi connectivity index (χ1n) is 5.47. The maximum atomic E-state index is 13.2. The third-order valence-electron chi connectivity index (χ3n) is 2.72. The van der Waals surface area contributed by atoms with Gasteiger partial charge in [0, 0.05) is 13.1 Å². The van der Waals surface area contributed by atoms with Gasteiger partial charge in [0.25, 0.3) is 0 Å². The van der Waals surface area contributed by atoms with E-state index in [-0.39, 0.29) is 6.04 Å². The van der Waals surface area contributed by atoms with E-state index in [1.807, 2.05) is 0 Å². The molecule has 0 aliphatic heterocycles. The van der Waals surface area contributed by atoms with Gasteiger partial charge in [0.15, 0.2) is 4.60 Å². The van der Waals surface area contributed by atoms with Crippen molar-refractivity contribution in [2.24, 2.45) is 12.9 Å². The Morgan fingerprint density at radius 2 is 2.00 bits per heavy atom. The van der Waals surface area contributed by atoms with Crippen molar-refractivity contribution in [1.29, 1.82) is 0 Å². The molecule has 0 aliphatic carbocycles. The Balaban J connectivity index is 2.29. The number of hydrazine groups is 1. The van der Waals surface area contributed by atoms with E-state index in [2.05, 4.69) is 31.7 Å². The number of halogens is 3. The van der Waals surface area contributed by atoms with Gasteiger partial charge in [-0.25, -0.2) is 13.5 Å². The molecule has 1 aromatic carbocycles. The highest BCUT2D eigenvalue weighted by atomic mass is 79.9. The average molecular weight is 332 g/mol. The monoisotopic (exact) mass is 331 g/mol. The van der Waals surface area contributed by atoms with Crippen LogP contribution in [0, 0.1) is 11.6 Å². The summed E-state index contributed by atoms with van der Waals surface area (Å²) < 4.78 is 28.4. The molecule has 0 aliphatic rings. The van der Waals surface area contributed by atoms with E-state index in [9.17, 15) is 8.78 Å². The minimum Gasteiger partial charge on any atom is -0.271 e. The van der Waals surface area contributed by atoms with Crippen LogP contribution in [0.25, 0.3) is 0 Å². The molecule has 0 radical (unpaired) electrons. The van der Waals surface area contributed by atoms with Crippen LogP contribution in [0.5, 0.6) is 0 Å². The van der Waals surface area contributed by atoms with Gasteiger partial charge in [-0.05, 0) is 40.0 Å². The molecule has 3 N–H and O–H groups in total. The summed E-state index contributed by atoms with van der Waals surface area (Å²) in [5.41, 5.74) is 3.79. The smallest absolute Gasteiger partial charge is 0.153 e. The molecule has 0 saturated carbocycles. The number of hydrogen-bond acceptors (Lipinski definition) is 4. The highest BCUT2D eigenvalue weighted by Gasteiger charge is 2.20. The Morgan fingerprint density at radius 3 is 2.47 bits per heavy atom. The van der Waals surface area contributed by atoms with Crippen molar-refractivity contribution in [2.45, 2.75) is 12.5 Å². The van der Waals surface area contributed by atoms with Crippen LogP contribution in [-0.2, 0) is 13.5 Å². The number of nitrogens with two attached hydrogens (primary N) is 1. The third kappa shape index (κ3) is 3.14. The SMILES string of the molecule is Cn1nnc(Br)c1C(Cc1cc(F)cc(F)c1)NN. The Hall–Kier alpha value is -1.38. The maximum absolute atomic E-state index is 13.2. The van der Waals surface area contributed by atoms with Crippen molar-refractivity contribution in [3.05, 3.63) is 45.7 Å². The molecular weight excluding hydrogens is 320 g/mol. The highest BCUT2D eigenvalue weighted by molar-refractivity contribution is 9.10. The Bertz CT molecular complexity index is 547. The van der Waals surface area contributed by atoms with Crippen molar-refractivity contribution in [1.82, 2.24) is 20.4 Å². The standard InChI is InChI=1S/C11H12BrF2N5/c1-19-10(11(12)17-18-19)9(16-15)4-6-2-7(13)5-8(14)3-6/h2-3,5,9,16H,4,15H2,1H3. The number of nitrogens with zero attached hydrogens (tertiary/aromatic N) is 3. The Morgan fingerprint density at radius 1 is 1.37 bits per heavy atom. The lowest BCUT2D eigenvalue weighted by Gasteiger charge is -2.16. The second kappa shape index (κ2) is 5.72. The maximum Gasteiger partial charge on any atom is 0.153 e. The van der Waals surface area contributed by atoms with Gasteiger partial charge in [0.05, 0.1) is 11.7 Å². The molecule has 1 unspecified atom stereocenters. The number of rotatable bonds is 4. The van der Waals surface area contributed by atoms with Gasteiger partial charge in [0.2, 0.25) is 0 Å². The van der Waals surface area contributed by atoms with Crippen molar-refractivity contribution < 1.29 is 8.78 Å². The summed E-state index contributed by atoms with van der Waals surface area (Å²) in [7, 11) is 1.71. The molecule has 2 aromatic rings. The van der Waals surface area contributed by atoms with Gasteiger partial charge in [-0.15, -0.1) is 5.10 Å². The first kappa shape index (κ1) is 14.0. The quantitative estimate of drug-likeness (QED) is 0.659.